The fourth-order valence-electron chi connectivity index (χ4n) is 3.27. The summed E-state index contributed by atoms with van der Waals surface area (Å²) in [5.74, 6) is -0.570. The first-order valence-corrected chi connectivity index (χ1v) is 8.25. The smallest absolute Gasteiger partial charge is 0.310 e. The van der Waals surface area contributed by atoms with Crippen LogP contribution >= 0.6 is 35.3 Å². The molecule has 16 heavy (non-hydrogen) atoms. The van der Waals surface area contributed by atoms with E-state index in [2.05, 4.69) is 20.8 Å². The Bertz CT molecular complexity index is 352. The molecule has 4 aliphatic heterocycles. The predicted octanol–water partition coefficient (Wildman–Crippen LogP) is 3.47. The highest BCUT2D eigenvalue weighted by Gasteiger charge is 2.71. The highest BCUT2D eigenvalue weighted by atomic mass is 32.3. The second-order valence-electron chi connectivity index (χ2n) is 5.60. The number of hydrogen-bond acceptors (Lipinski definition) is 4. The van der Waals surface area contributed by atoms with E-state index in [4.69, 9.17) is 0 Å². The van der Waals surface area contributed by atoms with E-state index in [1.165, 1.54) is 0 Å². The van der Waals surface area contributed by atoms with Crippen molar-refractivity contribution >= 4 is 41.3 Å². The molecule has 2 nitrogen and oxygen atoms in total. The Kier molecular flexibility index (Phi) is 2.24. The van der Waals surface area contributed by atoms with Gasteiger partial charge in [0.25, 0.3) is 0 Å². The molecule has 0 aliphatic carbocycles. The van der Waals surface area contributed by atoms with Gasteiger partial charge in [0.1, 0.15) is 0 Å². The van der Waals surface area contributed by atoms with Crippen LogP contribution in [-0.4, -0.2) is 24.3 Å². The maximum absolute atomic E-state index is 11.8. The number of carboxylic acids is 1. The van der Waals surface area contributed by atoms with Gasteiger partial charge in [0, 0.05) is 5.41 Å². The Labute approximate surface area is 109 Å². The Morgan fingerprint density at radius 2 is 1.69 bits per heavy atom. The summed E-state index contributed by atoms with van der Waals surface area (Å²) in [6.07, 6.45) is 1.69. The zero-order chi connectivity index (χ0) is 11.8. The molecule has 4 rings (SSSR count). The van der Waals surface area contributed by atoms with Crippen molar-refractivity contribution in [3.05, 3.63) is 0 Å². The average molecular weight is 276 g/mol. The lowest BCUT2D eigenvalue weighted by atomic mass is 9.59. The summed E-state index contributed by atoms with van der Waals surface area (Å²) in [6, 6.07) is 0. The predicted molar refractivity (Wildman–Crippen MR) is 71.8 cm³/mol. The highest BCUT2D eigenvalue weighted by Crippen LogP contribution is 2.77. The second kappa shape index (κ2) is 3.09. The number of rotatable bonds is 1. The first-order valence-electron chi connectivity index (χ1n) is 5.55. The van der Waals surface area contributed by atoms with E-state index in [1.54, 1.807) is 0 Å². The Morgan fingerprint density at radius 3 is 2.12 bits per heavy atom. The molecule has 4 bridgehead atoms. The zero-order valence-electron chi connectivity index (χ0n) is 9.65. The maximum Gasteiger partial charge on any atom is 0.310 e. The van der Waals surface area contributed by atoms with Crippen molar-refractivity contribution in [1.82, 2.24) is 0 Å². The first kappa shape index (κ1) is 11.6. The van der Waals surface area contributed by atoms with Crippen LogP contribution in [0.5, 0.6) is 0 Å². The van der Waals surface area contributed by atoms with Crippen LogP contribution in [-0.2, 0) is 4.79 Å². The SMILES string of the molecule is CC12SC3CC(C(=O)O)(CC(S3)S1)C2(C)C. The van der Waals surface area contributed by atoms with Crippen molar-refractivity contribution in [3.63, 3.8) is 0 Å². The van der Waals surface area contributed by atoms with Crippen LogP contribution < -0.4 is 0 Å². The molecule has 0 aromatic heterocycles. The van der Waals surface area contributed by atoms with E-state index in [9.17, 15) is 9.90 Å². The van der Waals surface area contributed by atoms with E-state index in [-0.39, 0.29) is 9.49 Å². The first-order chi connectivity index (χ1) is 7.31. The summed E-state index contributed by atoms with van der Waals surface area (Å²) in [5, 5.41) is 9.70. The van der Waals surface area contributed by atoms with Gasteiger partial charge >= 0.3 is 5.97 Å². The van der Waals surface area contributed by atoms with Crippen molar-refractivity contribution < 1.29 is 9.90 Å². The van der Waals surface area contributed by atoms with Gasteiger partial charge in [-0.1, -0.05) is 13.8 Å². The van der Waals surface area contributed by atoms with Crippen LogP contribution in [0, 0.1) is 10.8 Å². The van der Waals surface area contributed by atoms with Gasteiger partial charge in [0.2, 0.25) is 0 Å². The van der Waals surface area contributed by atoms with Crippen LogP contribution in [0.25, 0.3) is 0 Å². The molecule has 2 unspecified atom stereocenters. The van der Waals surface area contributed by atoms with Gasteiger partial charge in [-0.3, -0.25) is 4.79 Å². The molecule has 0 saturated carbocycles. The summed E-state index contributed by atoms with van der Waals surface area (Å²) >= 11 is 5.98. The topological polar surface area (TPSA) is 37.3 Å². The third kappa shape index (κ3) is 1.13. The zero-order valence-corrected chi connectivity index (χ0v) is 12.1. The van der Waals surface area contributed by atoms with E-state index < -0.39 is 11.4 Å². The lowest BCUT2D eigenvalue weighted by Gasteiger charge is -2.67. The van der Waals surface area contributed by atoms with Crippen molar-refractivity contribution in [1.29, 1.82) is 0 Å². The van der Waals surface area contributed by atoms with E-state index in [0.717, 1.165) is 12.8 Å². The molecular formula is C11H16O2S3. The lowest BCUT2D eigenvalue weighted by Crippen LogP contribution is -2.64. The number of thioether (sulfide) groups is 3. The summed E-state index contributed by atoms with van der Waals surface area (Å²) in [4.78, 5) is 11.8. The molecule has 0 spiro atoms. The molecule has 90 valence electrons. The number of carbonyl (C=O) groups is 1. The molecule has 4 heterocycles. The summed E-state index contributed by atoms with van der Waals surface area (Å²) < 4.78 is 1.06. The van der Waals surface area contributed by atoms with Gasteiger partial charge in [-0.05, 0) is 19.8 Å². The Hall–Kier alpha value is 0.520. The molecular weight excluding hydrogens is 260 g/mol. The van der Waals surface area contributed by atoms with Gasteiger partial charge in [-0.25, -0.2) is 0 Å². The Morgan fingerprint density at radius 1 is 1.19 bits per heavy atom. The Balaban J connectivity index is 2.15. The molecule has 5 heteroatoms. The molecule has 0 amide bonds. The third-order valence-corrected chi connectivity index (χ3v) is 10.3. The number of hydrogen-bond donors (Lipinski definition) is 1. The molecule has 4 aliphatic rings. The molecule has 2 atom stereocenters. The lowest BCUT2D eigenvalue weighted by molar-refractivity contribution is -0.160. The van der Waals surface area contributed by atoms with Gasteiger partial charge in [-0.15, -0.1) is 35.3 Å². The molecule has 4 fully saturated rings. The van der Waals surface area contributed by atoms with Crippen molar-refractivity contribution in [3.8, 4) is 0 Å². The van der Waals surface area contributed by atoms with Crippen molar-refractivity contribution in [2.75, 3.05) is 0 Å². The minimum atomic E-state index is -0.570. The average Bonchev–Trinajstić information content (AvgIpc) is 2.12. The maximum atomic E-state index is 11.8. The van der Waals surface area contributed by atoms with Crippen molar-refractivity contribution in [2.45, 2.75) is 46.9 Å². The van der Waals surface area contributed by atoms with E-state index in [1.807, 2.05) is 35.3 Å². The third-order valence-electron chi connectivity index (χ3n) is 4.79. The minimum Gasteiger partial charge on any atom is -0.481 e. The number of aliphatic carboxylic acids is 1. The molecule has 4 saturated heterocycles. The molecule has 1 N–H and O–H groups in total. The van der Waals surface area contributed by atoms with Gasteiger partial charge in [0.05, 0.1) is 18.7 Å². The second-order valence-corrected chi connectivity index (χ2v) is 11.1. The largest absolute Gasteiger partial charge is 0.481 e. The van der Waals surface area contributed by atoms with Crippen LogP contribution in [0.3, 0.4) is 0 Å². The van der Waals surface area contributed by atoms with Gasteiger partial charge in [-0.2, -0.15) is 0 Å². The van der Waals surface area contributed by atoms with Gasteiger partial charge in [0.15, 0.2) is 0 Å². The fraction of sp³-hybridized carbons (Fsp3) is 0.909. The van der Waals surface area contributed by atoms with Crippen molar-refractivity contribution in [2.24, 2.45) is 10.8 Å². The summed E-state index contributed by atoms with van der Waals surface area (Å²) in [7, 11) is 0. The van der Waals surface area contributed by atoms with E-state index >= 15 is 0 Å². The molecule has 0 aromatic carbocycles. The fourth-order valence-corrected chi connectivity index (χ4v) is 11.0. The summed E-state index contributed by atoms with van der Waals surface area (Å²) in [5.41, 5.74) is -0.617. The van der Waals surface area contributed by atoms with E-state index in [0.29, 0.717) is 9.16 Å². The quantitative estimate of drug-likeness (QED) is 0.793. The normalized spacial score (nSPS) is 52.9. The minimum absolute atomic E-state index is 0.0719. The molecule has 0 aromatic rings. The van der Waals surface area contributed by atoms with Crippen LogP contribution in [0.1, 0.15) is 33.6 Å². The number of carboxylic acid groups (broad SMARTS) is 1. The van der Waals surface area contributed by atoms with Crippen LogP contribution in [0.4, 0.5) is 0 Å². The summed E-state index contributed by atoms with van der Waals surface area (Å²) in [6.45, 7) is 6.56. The molecule has 0 radical (unpaired) electrons. The standard InChI is InChI=1S/C11H16O2S3/c1-9(2)10(3)15-6-4-11(9,8(12)13)5-7(14-6)16-10/h6-7H,4-5H2,1-3H3,(H,12,13). The van der Waals surface area contributed by atoms with Crippen LogP contribution in [0.15, 0.2) is 0 Å². The monoisotopic (exact) mass is 276 g/mol. The highest BCUT2D eigenvalue weighted by molar-refractivity contribution is 8.34. The van der Waals surface area contributed by atoms with Crippen LogP contribution in [0.2, 0.25) is 0 Å². The van der Waals surface area contributed by atoms with Gasteiger partial charge < -0.3 is 5.11 Å².